The normalized spacial score (nSPS) is 11.0. The molecule has 2 aromatic heterocycles. The van der Waals surface area contributed by atoms with Gasteiger partial charge >= 0.3 is 0 Å². The van der Waals surface area contributed by atoms with Crippen LogP contribution in [-0.2, 0) is 12.3 Å². The number of unbranched alkanes of at least 4 members (excludes halogenated alkanes) is 1. The van der Waals surface area contributed by atoms with E-state index < -0.39 is 4.92 Å². The molecule has 0 saturated carbocycles. The van der Waals surface area contributed by atoms with Gasteiger partial charge in [-0.05, 0) is 42.8 Å². The molecule has 4 aromatic rings. The van der Waals surface area contributed by atoms with Crippen molar-refractivity contribution in [1.82, 2.24) is 25.0 Å². The van der Waals surface area contributed by atoms with Gasteiger partial charge in [0.15, 0.2) is 11.0 Å². The molecule has 0 aliphatic heterocycles. The first-order valence-electron chi connectivity index (χ1n) is 10.4. The fourth-order valence-corrected chi connectivity index (χ4v) is 3.95. The number of benzene rings is 2. The quantitative estimate of drug-likeness (QED) is 0.180. The van der Waals surface area contributed by atoms with Crippen LogP contribution in [0.15, 0.2) is 58.1 Å². The first kappa shape index (κ1) is 22.5. The van der Waals surface area contributed by atoms with Crippen LogP contribution in [0, 0.1) is 10.1 Å². The van der Waals surface area contributed by atoms with Crippen LogP contribution in [0.25, 0.3) is 22.8 Å². The van der Waals surface area contributed by atoms with Gasteiger partial charge in [0.2, 0.25) is 11.8 Å². The highest BCUT2D eigenvalue weighted by Crippen LogP contribution is 2.29. The molecule has 10 nitrogen and oxygen atoms in total. The van der Waals surface area contributed by atoms with Gasteiger partial charge in [0, 0.05) is 29.8 Å². The molecular formula is C22H22N6O4S. The van der Waals surface area contributed by atoms with E-state index in [0.29, 0.717) is 23.1 Å². The molecule has 0 radical (unpaired) electrons. The second-order valence-corrected chi connectivity index (χ2v) is 8.08. The predicted octanol–water partition coefficient (Wildman–Crippen LogP) is 5.00. The lowest BCUT2D eigenvalue weighted by Crippen LogP contribution is -2.02. The van der Waals surface area contributed by atoms with E-state index >= 15 is 0 Å². The summed E-state index contributed by atoms with van der Waals surface area (Å²) in [6.07, 6.45) is 2.05. The molecule has 0 unspecified atom stereocenters. The minimum Gasteiger partial charge on any atom is -0.497 e. The molecule has 2 aromatic carbocycles. The smallest absolute Gasteiger partial charge is 0.269 e. The summed E-state index contributed by atoms with van der Waals surface area (Å²) in [5.41, 5.74) is 1.59. The second kappa shape index (κ2) is 10.3. The molecule has 11 heteroatoms. The summed E-state index contributed by atoms with van der Waals surface area (Å²) in [5.74, 6) is 2.75. The fourth-order valence-electron chi connectivity index (χ4n) is 3.15. The maximum atomic E-state index is 10.8. The van der Waals surface area contributed by atoms with Gasteiger partial charge in [0.05, 0.1) is 17.8 Å². The van der Waals surface area contributed by atoms with Crippen LogP contribution in [0.1, 0.15) is 25.7 Å². The van der Waals surface area contributed by atoms with E-state index in [1.165, 1.54) is 23.9 Å². The Balaban J connectivity index is 1.50. The maximum Gasteiger partial charge on any atom is 0.269 e. The first-order valence-corrected chi connectivity index (χ1v) is 11.3. The van der Waals surface area contributed by atoms with Crippen molar-refractivity contribution in [2.24, 2.45) is 0 Å². The molecule has 0 bridgehead atoms. The van der Waals surface area contributed by atoms with Crippen molar-refractivity contribution in [1.29, 1.82) is 0 Å². The largest absolute Gasteiger partial charge is 0.497 e. The molecule has 0 atom stereocenters. The van der Waals surface area contributed by atoms with E-state index in [1.807, 2.05) is 24.3 Å². The van der Waals surface area contributed by atoms with Gasteiger partial charge in [-0.3, -0.25) is 10.1 Å². The third-order valence-corrected chi connectivity index (χ3v) is 5.87. The second-order valence-electron chi connectivity index (χ2n) is 7.13. The number of hydrogen-bond acceptors (Lipinski definition) is 9. The average molecular weight is 467 g/mol. The summed E-state index contributed by atoms with van der Waals surface area (Å²) in [6.45, 7) is 2.94. The van der Waals surface area contributed by atoms with Gasteiger partial charge < -0.3 is 13.7 Å². The molecular weight excluding hydrogens is 444 g/mol. The van der Waals surface area contributed by atoms with Crippen LogP contribution in [-0.4, -0.2) is 37.0 Å². The molecule has 0 aliphatic rings. The monoisotopic (exact) mass is 466 g/mol. The van der Waals surface area contributed by atoms with Gasteiger partial charge in [0.1, 0.15) is 5.75 Å². The number of methoxy groups -OCH3 is 1. The van der Waals surface area contributed by atoms with Crippen LogP contribution in [0.3, 0.4) is 0 Å². The van der Waals surface area contributed by atoms with Crippen LogP contribution in [0.2, 0.25) is 0 Å². The maximum absolute atomic E-state index is 10.8. The lowest BCUT2D eigenvalue weighted by molar-refractivity contribution is -0.384. The zero-order chi connectivity index (χ0) is 23.2. The molecule has 0 saturated heterocycles. The molecule has 33 heavy (non-hydrogen) atoms. The zero-order valence-electron chi connectivity index (χ0n) is 18.2. The minimum absolute atomic E-state index is 0.00752. The summed E-state index contributed by atoms with van der Waals surface area (Å²) in [4.78, 5) is 10.4. The van der Waals surface area contributed by atoms with Crippen molar-refractivity contribution in [3.8, 4) is 28.6 Å². The Morgan fingerprint density at radius 2 is 1.76 bits per heavy atom. The molecule has 0 aliphatic carbocycles. The number of thioether (sulfide) groups is 1. The summed E-state index contributed by atoms with van der Waals surface area (Å²) in [7, 11) is 1.64. The van der Waals surface area contributed by atoms with Crippen molar-refractivity contribution >= 4 is 17.4 Å². The third-order valence-electron chi connectivity index (χ3n) is 4.92. The van der Waals surface area contributed by atoms with Crippen LogP contribution in [0.5, 0.6) is 5.75 Å². The Hall–Kier alpha value is -3.73. The van der Waals surface area contributed by atoms with Crippen LogP contribution >= 0.6 is 11.8 Å². The lowest BCUT2D eigenvalue weighted by atomic mass is 10.2. The number of rotatable bonds is 10. The number of hydrogen-bond donors (Lipinski definition) is 0. The van der Waals surface area contributed by atoms with Crippen molar-refractivity contribution in [3.05, 3.63) is 64.5 Å². The Bertz CT molecular complexity index is 1220. The third kappa shape index (κ3) is 5.20. The molecule has 4 rings (SSSR count). The first-order chi connectivity index (χ1) is 16.1. The number of nitrogens with zero attached hydrogens (tertiary/aromatic N) is 6. The molecule has 0 spiro atoms. The highest BCUT2D eigenvalue weighted by atomic mass is 32.2. The Morgan fingerprint density at radius 1 is 1.03 bits per heavy atom. The van der Waals surface area contributed by atoms with Crippen molar-refractivity contribution in [2.45, 2.75) is 37.2 Å². The summed E-state index contributed by atoms with van der Waals surface area (Å²) in [5, 5.41) is 28.5. The molecule has 2 heterocycles. The molecule has 170 valence electrons. The minimum atomic E-state index is -0.450. The molecule has 0 fully saturated rings. The topological polar surface area (TPSA) is 122 Å². The van der Waals surface area contributed by atoms with Gasteiger partial charge in [-0.2, -0.15) is 0 Å². The van der Waals surface area contributed by atoms with Crippen LogP contribution in [0.4, 0.5) is 5.69 Å². The Labute approximate surface area is 194 Å². The van der Waals surface area contributed by atoms with E-state index in [0.717, 1.165) is 41.7 Å². The van der Waals surface area contributed by atoms with E-state index in [2.05, 4.69) is 31.9 Å². The highest BCUT2D eigenvalue weighted by Gasteiger charge is 2.17. The Kier molecular flexibility index (Phi) is 6.98. The van der Waals surface area contributed by atoms with Crippen molar-refractivity contribution < 1.29 is 14.1 Å². The lowest BCUT2D eigenvalue weighted by Gasteiger charge is -2.09. The van der Waals surface area contributed by atoms with Crippen LogP contribution < -0.4 is 4.74 Å². The van der Waals surface area contributed by atoms with Crippen molar-refractivity contribution in [3.63, 3.8) is 0 Å². The number of aromatic nitrogens is 5. The van der Waals surface area contributed by atoms with E-state index in [4.69, 9.17) is 9.15 Å². The number of nitro benzene ring substituents is 1. The van der Waals surface area contributed by atoms with Gasteiger partial charge in [-0.25, -0.2) is 0 Å². The standard InChI is InChI=1S/C22H22N6O4S/c1-3-4-13-27-20(15-7-11-18(31-2)12-8-15)24-26-22(27)33-14-19-23-25-21(32-19)16-5-9-17(10-6-16)28(29)30/h5-12H,3-4,13-14H2,1-2H3. The SMILES string of the molecule is CCCCn1c(SCc2nnc(-c3ccc([N+](=O)[O-])cc3)o2)nnc1-c1ccc(OC)cc1. The number of non-ortho nitro benzene ring substituents is 1. The molecule has 0 amide bonds. The summed E-state index contributed by atoms with van der Waals surface area (Å²) < 4.78 is 13.1. The summed E-state index contributed by atoms with van der Waals surface area (Å²) >= 11 is 1.47. The number of ether oxygens (including phenoxy) is 1. The fraction of sp³-hybridized carbons (Fsp3) is 0.273. The zero-order valence-corrected chi connectivity index (χ0v) is 19.0. The highest BCUT2D eigenvalue weighted by molar-refractivity contribution is 7.98. The van der Waals surface area contributed by atoms with E-state index in [1.54, 1.807) is 19.2 Å². The number of nitro groups is 1. The average Bonchev–Trinajstić information content (AvgIpc) is 3.48. The summed E-state index contributed by atoms with van der Waals surface area (Å²) in [6, 6.07) is 13.7. The molecule has 0 N–H and O–H groups in total. The van der Waals surface area contributed by atoms with E-state index in [-0.39, 0.29) is 5.69 Å². The van der Waals surface area contributed by atoms with Gasteiger partial charge in [-0.1, -0.05) is 25.1 Å². The Morgan fingerprint density at radius 3 is 2.42 bits per heavy atom. The van der Waals surface area contributed by atoms with Gasteiger partial charge in [-0.15, -0.1) is 20.4 Å². The van der Waals surface area contributed by atoms with Gasteiger partial charge in [0.25, 0.3) is 5.69 Å². The predicted molar refractivity (Wildman–Crippen MR) is 123 cm³/mol. The van der Waals surface area contributed by atoms with Crippen molar-refractivity contribution in [2.75, 3.05) is 7.11 Å². The van der Waals surface area contributed by atoms with E-state index in [9.17, 15) is 10.1 Å².